The quantitative estimate of drug-likeness (QED) is 0.470. The molecule has 3 unspecified atom stereocenters. The van der Waals surface area contributed by atoms with E-state index in [1.54, 1.807) is 12.1 Å². The summed E-state index contributed by atoms with van der Waals surface area (Å²) < 4.78 is 10.8. The highest BCUT2D eigenvalue weighted by Gasteiger charge is 2.37. The molecule has 2 aliphatic rings. The number of allylic oxidation sites excluding steroid dienone is 4. The van der Waals surface area contributed by atoms with E-state index in [0.29, 0.717) is 17.6 Å². The van der Waals surface area contributed by atoms with Crippen LogP contribution in [-0.4, -0.2) is 55.7 Å². The van der Waals surface area contributed by atoms with Crippen molar-refractivity contribution in [2.24, 2.45) is 17.6 Å². The van der Waals surface area contributed by atoms with Crippen molar-refractivity contribution in [2.45, 2.75) is 53.6 Å². The molecule has 1 aliphatic carbocycles. The molecule has 0 saturated carbocycles. The van der Waals surface area contributed by atoms with Crippen LogP contribution in [0.3, 0.4) is 0 Å². The molecule has 0 bridgehead atoms. The average Bonchev–Trinajstić information content (AvgIpc) is 2.91. The van der Waals surface area contributed by atoms with E-state index in [-0.39, 0.29) is 49.0 Å². The summed E-state index contributed by atoms with van der Waals surface area (Å²) in [5.74, 6) is -1.26. The summed E-state index contributed by atoms with van der Waals surface area (Å²) in [6, 6.07) is 5.17. The van der Waals surface area contributed by atoms with Gasteiger partial charge in [-0.3, -0.25) is 9.59 Å². The van der Waals surface area contributed by atoms with Crippen LogP contribution >= 0.6 is 0 Å². The van der Waals surface area contributed by atoms with Crippen LogP contribution in [0.2, 0.25) is 0 Å². The Labute approximate surface area is 230 Å². The smallest absolute Gasteiger partial charge is 0.340 e. The molecule has 0 saturated heterocycles. The summed E-state index contributed by atoms with van der Waals surface area (Å²) in [6.07, 6.45) is 4.26. The molecule has 39 heavy (non-hydrogen) atoms. The van der Waals surface area contributed by atoms with Crippen molar-refractivity contribution in [1.29, 1.82) is 0 Å². The van der Waals surface area contributed by atoms with Crippen molar-refractivity contribution in [3.63, 3.8) is 0 Å². The van der Waals surface area contributed by atoms with E-state index in [1.807, 2.05) is 46.8 Å². The molecule has 4 N–H and O–H groups in total. The molecule has 1 heterocycles. The number of hydrogen-bond donors (Lipinski definition) is 3. The Balaban J connectivity index is 2.39. The molecule has 8 heteroatoms. The summed E-state index contributed by atoms with van der Waals surface area (Å²) in [7, 11) is 1.43. The number of phenolic OH excluding ortho intramolecular Hbond substituents is 1. The van der Waals surface area contributed by atoms with Gasteiger partial charge >= 0.3 is 5.97 Å². The van der Waals surface area contributed by atoms with Gasteiger partial charge in [0.05, 0.1) is 6.54 Å². The van der Waals surface area contributed by atoms with Crippen molar-refractivity contribution in [3.8, 4) is 5.75 Å². The molecule has 8 nitrogen and oxygen atoms in total. The van der Waals surface area contributed by atoms with Crippen LogP contribution in [0, 0.1) is 18.8 Å². The lowest BCUT2D eigenvalue weighted by molar-refractivity contribution is -0.154. The van der Waals surface area contributed by atoms with E-state index in [1.165, 1.54) is 7.11 Å². The van der Waals surface area contributed by atoms with E-state index in [4.69, 9.17) is 15.2 Å². The molecule has 0 spiro atoms. The number of aromatic hydroxyl groups is 1. The Kier molecular flexibility index (Phi) is 10.1. The first-order valence-corrected chi connectivity index (χ1v) is 13.4. The highest BCUT2D eigenvalue weighted by atomic mass is 16.6. The van der Waals surface area contributed by atoms with Crippen molar-refractivity contribution in [1.82, 2.24) is 5.32 Å². The first-order valence-electron chi connectivity index (χ1n) is 13.4. The summed E-state index contributed by atoms with van der Waals surface area (Å²) in [6.45, 7) is 9.83. The van der Waals surface area contributed by atoms with Gasteiger partial charge < -0.3 is 25.6 Å². The molecule has 1 amide bonds. The van der Waals surface area contributed by atoms with Gasteiger partial charge in [-0.2, -0.15) is 0 Å². The second-order valence-corrected chi connectivity index (χ2v) is 10.3. The number of phenols is 1. The number of esters is 1. The predicted octanol–water partition coefficient (Wildman–Crippen LogP) is 3.93. The number of hydrogen-bond acceptors (Lipinski definition) is 7. The van der Waals surface area contributed by atoms with Gasteiger partial charge in [0.1, 0.15) is 12.4 Å². The van der Waals surface area contributed by atoms with Crippen LogP contribution in [0.4, 0.5) is 0 Å². The summed E-state index contributed by atoms with van der Waals surface area (Å²) >= 11 is 0. The van der Waals surface area contributed by atoms with Crippen molar-refractivity contribution in [2.75, 3.05) is 26.8 Å². The van der Waals surface area contributed by atoms with Crippen LogP contribution in [0.1, 0.15) is 51.7 Å². The lowest BCUT2D eigenvalue weighted by Crippen LogP contribution is -2.37. The molecule has 3 atom stereocenters. The zero-order chi connectivity index (χ0) is 28.9. The summed E-state index contributed by atoms with van der Waals surface area (Å²) in [5.41, 5.74) is 11.9. The van der Waals surface area contributed by atoms with Crippen LogP contribution in [-0.2, 0) is 23.9 Å². The minimum Gasteiger partial charge on any atom is -0.508 e. The van der Waals surface area contributed by atoms with E-state index in [2.05, 4.69) is 11.4 Å². The Hall–Kier alpha value is -3.49. The highest BCUT2D eigenvalue weighted by molar-refractivity contribution is 6.01. The third-order valence-electron chi connectivity index (χ3n) is 7.62. The number of nitrogens with two attached hydrogens (primary N) is 1. The van der Waals surface area contributed by atoms with Gasteiger partial charge in [-0.1, -0.05) is 39.0 Å². The first kappa shape index (κ1) is 30.1. The van der Waals surface area contributed by atoms with Gasteiger partial charge in [0.2, 0.25) is 5.91 Å². The topological polar surface area (TPSA) is 128 Å². The van der Waals surface area contributed by atoms with Crippen LogP contribution < -0.4 is 11.1 Å². The fourth-order valence-electron chi connectivity index (χ4n) is 5.21. The summed E-state index contributed by atoms with van der Waals surface area (Å²) in [4.78, 5) is 38.6. The Morgan fingerprint density at radius 1 is 1.26 bits per heavy atom. The molecule has 3 rings (SSSR count). The number of amides is 1. The number of methoxy groups -OCH3 is 1. The number of rotatable bonds is 6. The molecule has 0 radical (unpaired) electrons. The predicted molar refractivity (Wildman–Crippen MR) is 151 cm³/mol. The van der Waals surface area contributed by atoms with Crippen LogP contribution in [0.15, 0.2) is 58.2 Å². The number of ketones is 1. The maximum absolute atomic E-state index is 13.7. The molecule has 1 aliphatic heterocycles. The Morgan fingerprint density at radius 2 is 1.97 bits per heavy atom. The second kappa shape index (κ2) is 13.0. The highest BCUT2D eigenvalue weighted by Crippen LogP contribution is 2.39. The zero-order valence-corrected chi connectivity index (χ0v) is 23.7. The maximum atomic E-state index is 13.7. The van der Waals surface area contributed by atoms with E-state index in [0.717, 1.165) is 39.8 Å². The van der Waals surface area contributed by atoms with Gasteiger partial charge in [-0.15, -0.1) is 0 Å². The molecule has 0 aromatic heterocycles. The molecule has 0 fully saturated rings. The van der Waals surface area contributed by atoms with E-state index < -0.39 is 12.1 Å². The molecular formula is C31H40N2O6. The molecule has 1 aromatic carbocycles. The van der Waals surface area contributed by atoms with Crippen molar-refractivity contribution >= 4 is 23.2 Å². The number of Topliss-reactive ketones (excluding diaryl/α,β-unsaturated/α-hetero) is 1. The van der Waals surface area contributed by atoms with Gasteiger partial charge in [-0.25, -0.2) is 4.79 Å². The third-order valence-corrected chi connectivity index (χ3v) is 7.62. The largest absolute Gasteiger partial charge is 0.508 e. The van der Waals surface area contributed by atoms with Gasteiger partial charge in [0.25, 0.3) is 0 Å². The van der Waals surface area contributed by atoms with E-state index >= 15 is 0 Å². The third kappa shape index (κ3) is 6.57. The van der Waals surface area contributed by atoms with E-state index in [9.17, 15) is 19.5 Å². The van der Waals surface area contributed by atoms with Gasteiger partial charge in [-0.05, 0) is 78.2 Å². The van der Waals surface area contributed by atoms with Crippen molar-refractivity contribution in [3.05, 3.63) is 69.3 Å². The minimum absolute atomic E-state index is 0.0788. The zero-order valence-electron chi connectivity index (χ0n) is 23.7. The van der Waals surface area contributed by atoms with Crippen molar-refractivity contribution < 1.29 is 29.0 Å². The Morgan fingerprint density at radius 3 is 2.62 bits per heavy atom. The number of cyclic esters (lactones) is 1. The molecule has 1 aromatic rings. The lowest BCUT2D eigenvalue weighted by Gasteiger charge is -2.31. The standard InChI is InChI=1S/C31H40N2O6/c1-7-8-22-19(4)12-25-27(16-39-31(37)30(25)38-6)29(36)20(5)18(3)11-24(22)26(15-33-28(35)14-32)23-13-21(34)10-9-17(23)2/h8-10,12-13,18,20,30,34H,7,11,14-16,32H2,1-6H3,(H,33,35)/b19-12+,22-8+,26-24-. The average molecular weight is 537 g/mol. The number of carbonyl (C=O) groups is 3. The summed E-state index contributed by atoms with van der Waals surface area (Å²) in [5, 5.41) is 13.3. The monoisotopic (exact) mass is 536 g/mol. The fourth-order valence-corrected chi connectivity index (χ4v) is 5.21. The van der Waals surface area contributed by atoms with Crippen LogP contribution in [0.25, 0.3) is 5.57 Å². The van der Waals surface area contributed by atoms with Gasteiger partial charge in [0, 0.05) is 30.7 Å². The second-order valence-electron chi connectivity index (χ2n) is 10.3. The minimum atomic E-state index is -0.999. The lowest BCUT2D eigenvalue weighted by atomic mass is 9.76. The number of ether oxygens (including phenoxy) is 2. The number of benzene rings is 1. The molecular weight excluding hydrogens is 496 g/mol. The first-order chi connectivity index (χ1) is 18.5. The number of nitrogens with one attached hydrogen (secondary N) is 1. The number of carbonyl (C=O) groups excluding carboxylic acids is 3. The fraction of sp³-hybridized carbons (Fsp3) is 0.452. The SMILES string of the molecule is CC/C=C1C(\C)=C\C2=C(COC(=O)C2OC)C(=O)C(C)C(C)CC\1=C(/CNC(=O)CN)c1cc(O)ccc1C. The maximum Gasteiger partial charge on any atom is 0.340 e. The Bertz CT molecular complexity index is 1270. The van der Waals surface area contributed by atoms with Gasteiger partial charge in [0.15, 0.2) is 11.9 Å². The molecule has 210 valence electrons. The van der Waals surface area contributed by atoms with Crippen LogP contribution in [0.5, 0.6) is 5.75 Å². The normalized spacial score (nSPS) is 26.0. The number of aryl methyl sites for hydroxylation is 1.